The van der Waals surface area contributed by atoms with Crippen LogP contribution >= 0.6 is 0 Å². The van der Waals surface area contributed by atoms with Crippen molar-refractivity contribution in [1.82, 2.24) is 9.97 Å². The molecule has 3 rings (SSSR count). The highest BCUT2D eigenvalue weighted by Gasteiger charge is 2.18. The second kappa shape index (κ2) is 8.36. The molecule has 2 heterocycles. The average molecular weight is 367 g/mol. The topological polar surface area (TPSA) is 125 Å². The SMILES string of the molecule is N#Cc1c(-c2ccc(OCC(N)=O)cc2)nc(N2CCCCCC2)[nH]c1=O. The molecule has 8 heteroatoms. The Balaban J connectivity index is 1.94. The van der Waals surface area contributed by atoms with Gasteiger partial charge in [0.1, 0.15) is 17.4 Å². The van der Waals surface area contributed by atoms with E-state index in [0.717, 1.165) is 38.8 Å². The zero-order valence-electron chi connectivity index (χ0n) is 14.9. The molecule has 0 bridgehead atoms. The van der Waals surface area contributed by atoms with Gasteiger partial charge in [-0.3, -0.25) is 14.6 Å². The van der Waals surface area contributed by atoms with E-state index in [0.29, 0.717) is 23.0 Å². The maximum Gasteiger partial charge on any atom is 0.270 e. The number of hydrogen-bond donors (Lipinski definition) is 2. The first-order chi connectivity index (χ1) is 13.1. The van der Waals surface area contributed by atoms with Gasteiger partial charge in [0.05, 0.1) is 5.69 Å². The number of anilines is 1. The number of amides is 1. The van der Waals surface area contributed by atoms with Crippen molar-refractivity contribution in [3.8, 4) is 23.1 Å². The lowest BCUT2D eigenvalue weighted by molar-refractivity contribution is -0.119. The minimum absolute atomic E-state index is 0.0284. The van der Waals surface area contributed by atoms with Crippen LogP contribution in [0.3, 0.4) is 0 Å². The molecule has 140 valence electrons. The average Bonchev–Trinajstić information content (AvgIpc) is 2.95. The van der Waals surface area contributed by atoms with Gasteiger partial charge in [0.15, 0.2) is 6.61 Å². The summed E-state index contributed by atoms with van der Waals surface area (Å²) in [4.78, 5) is 32.6. The number of ether oxygens (including phenoxy) is 1. The summed E-state index contributed by atoms with van der Waals surface area (Å²) in [5.74, 6) is 0.391. The Labute approximate surface area is 156 Å². The lowest BCUT2D eigenvalue weighted by atomic mass is 10.1. The van der Waals surface area contributed by atoms with Gasteiger partial charge in [-0.15, -0.1) is 0 Å². The fourth-order valence-electron chi connectivity index (χ4n) is 3.07. The van der Waals surface area contributed by atoms with Gasteiger partial charge in [0.25, 0.3) is 11.5 Å². The van der Waals surface area contributed by atoms with Crippen LogP contribution in [-0.2, 0) is 4.79 Å². The van der Waals surface area contributed by atoms with Crippen LogP contribution in [0.2, 0.25) is 0 Å². The normalized spacial score (nSPS) is 14.3. The number of nitrogens with two attached hydrogens (primary N) is 1. The van der Waals surface area contributed by atoms with Crippen LogP contribution < -0.4 is 20.9 Å². The molecule has 1 aromatic carbocycles. The summed E-state index contributed by atoms with van der Waals surface area (Å²) < 4.78 is 5.24. The highest BCUT2D eigenvalue weighted by molar-refractivity contribution is 5.75. The number of nitrogens with one attached hydrogen (secondary N) is 1. The van der Waals surface area contributed by atoms with Gasteiger partial charge in [0.2, 0.25) is 5.95 Å². The Morgan fingerprint density at radius 1 is 1.22 bits per heavy atom. The summed E-state index contributed by atoms with van der Waals surface area (Å²) in [6.07, 6.45) is 4.42. The molecule has 0 radical (unpaired) electrons. The molecular formula is C19H21N5O3. The Bertz CT molecular complexity index is 906. The van der Waals surface area contributed by atoms with Crippen LogP contribution in [0.4, 0.5) is 5.95 Å². The largest absolute Gasteiger partial charge is 0.484 e. The Morgan fingerprint density at radius 3 is 2.48 bits per heavy atom. The molecule has 1 aliphatic heterocycles. The number of hydrogen-bond acceptors (Lipinski definition) is 6. The van der Waals surface area contributed by atoms with Crippen molar-refractivity contribution in [1.29, 1.82) is 5.26 Å². The van der Waals surface area contributed by atoms with Crippen LogP contribution in [0.15, 0.2) is 29.1 Å². The molecule has 27 heavy (non-hydrogen) atoms. The number of H-pyrrole nitrogens is 1. The number of nitriles is 1. The van der Waals surface area contributed by atoms with E-state index < -0.39 is 11.5 Å². The Hall–Kier alpha value is -3.34. The lowest BCUT2D eigenvalue weighted by Crippen LogP contribution is -2.29. The Morgan fingerprint density at radius 2 is 1.89 bits per heavy atom. The number of benzene rings is 1. The zero-order valence-corrected chi connectivity index (χ0v) is 14.9. The molecule has 8 nitrogen and oxygen atoms in total. The second-order valence-electron chi connectivity index (χ2n) is 6.41. The van der Waals surface area contributed by atoms with E-state index >= 15 is 0 Å². The van der Waals surface area contributed by atoms with Gasteiger partial charge in [-0.05, 0) is 37.1 Å². The molecule has 1 aliphatic rings. The number of nitrogens with zero attached hydrogens (tertiary/aromatic N) is 3. The number of rotatable bonds is 5. The third-order valence-electron chi connectivity index (χ3n) is 4.43. The third-order valence-corrected chi connectivity index (χ3v) is 4.43. The fourth-order valence-corrected chi connectivity index (χ4v) is 3.07. The highest BCUT2D eigenvalue weighted by atomic mass is 16.5. The smallest absolute Gasteiger partial charge is 0.270 e. The van der Waals surface area contributed by atoms with E-state index in [4.69, 9.17) is 10.5 Å². The van der Waals surface area contributed by atoms with Gasteiger partial charge in [-0.2, -0.15) is 5.26 Å². The van der Waals surface area contributed by atoms with Crippen molar-refractivity contribution in [2.45, 2.75) is 25.7 Å². The molecule has 1 aromatic heterocycles. The van der Waals surface area contributed by atoms with Gasteiger partial charge in [-0.25, -0.2) is 4.98 Å². The van der Waals surface area contributed by atoms with Crippen molar-refractivity contribution in [2.75, 3.05) is 24.6 Å². The molecule has 3 N–H and O–H groups in total. The molecule has 1 saturated heterocycles. The number of aromatic nitrogens is 2. The van der Waals surface area contributed by atoms with Gasteiger partial charge in [-0.1, -0.05) is 12.8 Å². The van der Waals surface area contributed by atoms with Gasteiger partial charge in [0, 0.05) is 18.7 Å². The third kappa shape index (κ3) is 4.44. The first-order valence-corrected chi connectivity index (χ1v) is 8.89. The fraction of sp³-hybridized carbons (Fsp3) is 0.368. The minimum atomic E-state index is -0.566. The van der Waals surface area contributed by atoms with E-state index in [1.807, 2.05) is 6.07 Å². The van der Waals surface area contributed by atoms with Crippen molar-refractivity contribution in [3.63, 3.8) is 0 Å². The molecular weight excluding hydrogens is 346 g/mol. The first kappa shape index (κ1) is 18.5. The quantitative estimate of drug-likeness (QED) is 0.826. The van der Waals surface area contributed by atoms with Gasteiger partial charge >= 0.3 is 0 Å². The predicted molar refractivity (Wildman–Crippen MR) is 100 cm³/mol. The van der Waals surface area contributed by atoms with Crippen LogP contribution in [0.5, 0.6) is 5.75 Å². The van der Waals surface area contributed by atoms with Crippen molar-refractivity contribution >= 4 is 11.9 Å². The van der Waals surface area contributed by atoms with Crippen LogP contribution in [0.25, 0.3) is 11.3 Å². The molecule has 1 amide bonds. The maximum absolute atomic E-state index is 12.4. The minimum Gasteiger partial charge on any atom is -0.484 e. The van der Waals surface area contributed by atoms with E-state index in [1.54, 1.807) is 24.3 Å². The molecule has 0 atom stereocenters. The summed E-state index contributed by atoms with van der Waals surface area (Å²) >= 11 is 0. The molecule has 0 saturated carbocycles. The second-order valence-corrected chi connectivity index (χ2v) is 6.41. The summed E-state index contributed by atoms with van der Waals surface area (Å²) in [5.41, 5.74) is 5.55. The number of aromatic amines is 1. The standard InChI is InChI=1S/C19H21N5O3/c20-11-15-17(13-5-7-14(8-6-13)27-12-16(21)25)22-19(23-18(15)26)24-9-3-1-2-4-10-24/h5-8H,1-4,9-10,12H2,(H2,21,25)(H,22,23,26). The number of carbonyl (C=O) groups excluding carboxylic acids is 1. The summed E-state index contributed by atoms with van der Waals surface area (Å²) in [6, 6.07) is 8.63. The summed E-state index contributed by atoms with van der Waals surface area (Å²) in [7, 11) is 0. The number of primary amides is 1. The van der Waals surface area contributed by atoms with Crippen molar-refractivity contribution in [3.05, 3.63) is 40.2 Å². The molecule has 0 aliphatic carbocycles. The summed E-state index contributed by atoms with van der Waals surface area (Å²) in [6.45, 7) is 1.44. The molecule has 0 spiro atoms. The van der Waals surface area contributed by atoms with Crippen LogP contribution in [-0.4, -0.2) is 35.6 Å². The molecule has 0 unspecified atom stereocenters. The summed E-state index contributed by atoms with van der Waals surface area (Å²) in [5, 5.41) is 9.41. The molecule has 1 fully saturated rings. The van der Waals surface area contributed by atoms with Gasteiger partial charge < -0.3 is 15.4 Å². The Kier molecular flexibility index (Phi) is 5.71. The monoisotopic (exact) mass is 367 g/mol. The van der Waals surface area contributed by atoms with Crippen molar-refractivity contribution in [2.24, 2.45) is 5.73 Å². The molecule has 2 aromatic rings. The van der Waals surface area contributed by atoms with E-state index in [-0.39, 0.29) is 12.2 Å². The number of carbonyl (C=O) groups is 1. The van der Waals surface area contributed by atoms with Crippen LogP contribution in [0.1, 0.15) is 31.2 Å². The van der Waals surface area contributed by atoms with Crippen molar-refractivity contribution < 1.29 is 9.53 Å². The zero-order chi connectivity index (χ0) is 19.2. The lowest BCUT2D eigenvalue weighted by Gasteiger charge is -2.21. The van der Waals surface area contributed by atoms with Crippen LogP contribution in [0, 0.1) is 11.3 Å². The van der Waals surface area contributed by atoms with E-state index in [1.165, 1.54) is 0 Å². The van der Waals surface area contributed by atoms with E-state index in [2.05, 4.69) is 14.9 Å². The predicted octanol–water partition coefficient (Wildman–Crippen LogP) is 1.55. The maximum atomic E-state index is 12.4. The van der Waals surface area contributed by atoms with E-state index in [9.17, 15) is 14.9 Å². The first-order valence-electron chi connectivity index (χ1n) is 8.89. The highest BCUT2D eigenvalue weighted by Crippen LogP contribution is 2.24.